The van der Waals surface area contributed by atoms with E-state index in [9.17, 15) is 5.11 Å². The first-order valence-electron chi connectivity index (χ1n) is 5.06. The van der Waals surface area contributed by atoms with Crippen LogP contribution in [-0.2, 0) is 0 Å². The molecule has 1 nitrogen and oxygen atoms in total. The molecule has 1 aliphatic carbocycles. The molecular formula is C11H22O. The number of rotatable bonds is 1. The van der Waals surface area contributed by atoms with Crippen LogP contribution in [0.1, 0.15) is 53.4 Å². The van der Waals surface area contributed by atoms with Gasteiger partial charge < -0.3 is 5.11 Å². The van der Waals surface area contributed by atoms with Gasteiger partial charge in [0.25, 0.3) is 0 Å². The fraction of sp³-hybridized carbons (Fsp3) is 1.00. The smallest absolute Gasteiger partial charge is 0.0624 e. The highest BCUT2D eigenvalue weighted by Gasteiger charge is 2.40. The zero-order valence-electron chi connectivity index (χ0n) is 8.85. The van der Waals surface area contributed by atoms with Crippen LogP contribution in [0.15, 0.2) is 0 Å². The van der Waals surface area contributed by atoms with Gasteiger partial charge in [-0.1, -0.05) is 26.7 Å². The second-order valence-electron chi connectivity index (χ2n) is 5.44. The van der Waals surface area contributed by atoms with E-state index in [4.69, 9.17) is 0 Å². The molecule has 0 heterocycles. The lowest BCUT2D eigenvalue weighted by atomic mass is 9.63. The first kappa shape index (κ1) is 10.0. The van der Waals surface area contributed by atoms with Crippen LogP contribution >= 0.6 is 0 Å². The minimum atomic E-state index is -0.496. The van der Waals surface area contributed by atoms with E-state index in [0.29, 0.717) is 11.3 Å². The standard InChI is InChI=1S/C11H22O/c1-10(2)8-6-5-7-9(10)11(3,4)12/h9,12H,5-8H2,1-4H3. The molecule has 12 heavy (non-hydrogen) atoms. The summed E-state index contributed by atoms with van der Waals surface area (Å²) in [6.45, 7) is 8.47. The van der Waals surface area contributed by atoms with Crippen molar-refractivity contribution in [3.8, 4) is 0 Å². The van der Waals surface area contributed by atoms with Gasteiger partial charge in [-0.25, -0.2) is 0 Å². The van der Waals surface area contributed by atoms with E-state index >= 15 is 0 Å². The van der Waals surface area contributed by atoms with Gasteiger partial charge in [-0.2, -0.15) is 0 Å². The molecule has 0 amide bonds. The fourth-order valence-electron chi connectivity index (χ4n) is 2.80. The molecule has 1 saturated carbocycles. The van der Waals surface area contributed by atoms with Gasteiger partial charge in [0.05, 0.1) is 5.60 Å². The van der Waals surface area contributed by atoms with Crippen molar-refractivity contribution < 1.29 is 5.11 Å². The van der Waals surface area contributed by atoms with Crippen molar-refractivity contribution in [1.82, 2.24) is 0 Å². The predicted molar refractivity (Wildman–Crippen MR) is 52.0 cm³/mol. The fourth-order valence-corrected chi connectivity index (χ4v) is 2.80. The second kappa shape index (κ2) is 3.02. The van der Waals surface area contributed by atoms with E-state index in [0.717, 1.165) is 0 Å². The van der Waals surface area contributed by atoms with Crippen LogP contribution < -0.4 is 0 Å². The molecule has 0 bridgehead atoms. The maximum Gasteiger partial charge on any atom is 0.0624 e. The summed E-state index contributed by atoms with van der Waals surface area (Å²) < 4.78 is 0. The number of hydrogen-bond donors (Lipinski definition) is 1. The molecule has 1 heteroatoms. The van der Waals surface area contributed by atoms with Crippen molar-refractivity contribution in [2.24, 2.45) is 11.3 Å². The summed E-state index contributed by atoms with van der Waals surface area (Å²) in [7, 11) is 0. The second-order valence-corrected chi connectivity index (χ2v) is 5.44. The van der Waals surface area contributed by atoms with Crippen molar-refractivity contribution in [2.75, 3.05) is 0 Å². The van der Waals surface area contributed by atoms with Crippen LogP contribution in [0, 0.1) is 11.3 Å². The van der Waals surface area contributed by atoms with Crippen LogP contribution in [-0.4, -0.2) is 10.7 Å². The van der Waals surface area contributed by atoms with Crippen LogP contribution in [0.4, 0.5) is 0 Å². The first-order chi connectivity index (χ1) is 5.34. The maximum atomic E-state index is 9.98. The Morgan fingerprint density at radius 2 is 1.83 bits per heavy atom. The van der Waals surface area contributed by atoms with E-state index < -0.39 is 5.60 Å². The molecule has 72 valence electrons. The minimum Gasteiger partial charge on any atom is -0.390 e. The normalized spacial score (nSPS) is 30.2. The molecule has 0 aromatic rings. The summed E-state index contributed by atoms with van der Waals surface area (Å²) in [5.74, 6) is 0.471. The van der Waals surface area contributed by atoms with E-state index in [1.807, 2.05) is 13.8 Å². The monoisotopic (exact) mass is 170 g/mol. The van der Waals surface area contributed by atoms with Crippen molar-refractivity contribution in [3.05, 3.63) is 0 Å². The summed E-state index contributed by atoms with van der Waals surface area (Å²) >= 11 is 0. The Labute approximate surface area is 76.2 Å². The summed E-state index contributed by atoms with van der Waals surface area (Å²) in [5, 5.41) is 9.98. The highest BCUT2D eigenvalue weighted by atomic mass is 16.3. The SMILES string of the molecule is CC(C)(O)C1CCCCC1(C)C. The summed E-state index contributed by atoms with van der Waals surface area (Å²) in [6.07, 6.45) is 5.08. The summed E-state index contributed by atoms with van der Waals surface area (Å²) in [4.78, 5) is 0. The molecule has 0 aromatic carbocycles. The Bertz CT molecular complexity index is 153. The van der Waals surface area contributed by atoms with Crippen LogP contribution in [0.5, 0.6) is 0 Å². The van der Waals surface area contributed by atoms with Gasteiger partial charge in [-0.15, -0.1) is 0 Å². The van der Waals surface area contributed by atoms with Gasteiger partial charge in [-0.05, 0) is 38.0 Å². The number of aliphatic hydroxyl groups is 1. The quantitative estimate of drug-likeness (QED) is 0.641. The highest BCUT2D eigenvalue weighted by Crippen LogP contribution is 2.45. The third-order valence-electron chi connectivity index (χ3n) is 3.36. The Kier molecular flexibility index (Phi) is 2.53. The topological polar surface area (TPSA) is 20.2 Å². The molecule has 1 N–H and O–H groups in total. The molecule has 1 fully saturated rings. The Balaban J connectivity index is 2.73. The summed E-state index contributed by atoms with van der Waals surface area (Å²) in [5.41, 5.74) is -0.166. The zero-order chi connectivity index (χ0) is 9.41. The van der Waals surface area contributed by atoms with Crippen LogP contribution in [0.2, 0.25) is 0 Å². The van der Waals surface area contributed by atoms with Gasteiger partial charge >= 0.3 is 0 Å². The first-order valence-corrected chi connectivity index (χ1v) is 5.06. The maximum absolute atomic E-state index is 9.98. The number of hydrogen-bond acceptors (Lipinski definition) is 1. The molecular weight excluding hydrogens is 148 g/mol. The van der Waals surface area contributed by atoms with Crippen molar-refractivity contribution in [2.45, 2.75) is 59.0 Å². The highest BCUT2D eigenvalue weighted by molar-refractivity contribution is 4.91. The third kappa shape index (κ3) is 2.01. The molecule has 0 spiro atoms. The van der Waals surface area contributed by atoms with Gasteiger partial charge in [-0.3, -0.25) is 0 Å². The van der Waals surface area contributed by atoms with Gasteiger partial charge in [0, 0.05) is 0 Å². The minimum absolute atomic E-state index is 0.330. The molecule has 1 rings (SSSR count). The van der Waals surface area contributed by atoms with E-state index in [1.54, 1.807) is 0 Å². The van der Waals surface area contributed by atoms with Crippen molar-refractivity contribution in [3.63, 3.8) is 0 Å². The Morgan fingerprint density at radius 1 is 1.25 bits per heavy atom. The lowest BCUT2D eigenvalue weighted by molar-refractivity contribution is -0.0586. The predicted octanol–water partition coefficient (Wildman–Crippen LogP) is 2.97. The third-order valence-corrected chi connectivity index (χ3v) is 3.36. The lowest BCUT2D eigenvalue weighted by Crippen LogP contribution is -2.42. The zero-order valence-corrected chi connectivity index (χ0v) is 8.85. The van der Waals surface area contributed by atoms with Crippen LogP contribution in [0.25, 0.3) is 0 Å². The van der Waals surface area contributed by atoms with E-state index in [2.05, 4.69) is 13.8 Å². The molecule has 1 atom stereocenters. The van der Waals surface area contributed by atoms with E-state index in [1.165, 1.54) is 25.7 Å². The lowest BCUT2D eigenvalue weighted by Gasteiger charge is -2.45. The van der Waals surface area contributed by atoms with Gasteiger partial charge in [0.1, 0.15) is 0 Å². The molecule has 1 aliphatic rings. The van der Waals surface area contributed by atoms with Gasteiger partial charge in [0.2, 0.25) is 0 Å². The molecule has 0 radical (unpaired) electrons. The summed E-state index contributed by atoms with van der Waals surface area (Å²) in [6, 6.07) is 0. The van der Waals surface area contributed by atoms with Crippen molar-refractivity contribution >= 4 is 0 Å². The molecule has 1 unspecified atom stereocenters. The van der Waals surface area contributed by atoms with E-state index in [-0.39, 0.29) is 0 Å². The Hall–Kier alpha value is -0.0400. The van der Waals surface area contributed by atoms with Crippen LogP contribution in [0.3, 0.4) is 0 Å². The molecule has 0 aliphatic heterocycles. The average molecular weight is 170 g/mol. The Morgan fingerprint density at radius 3 is 2.17 bits per heavy atom. The largest absolute Gasteiger partial charge is 0.390 e. The van der Waals surface area contributed by atoms with Crippen molar-refractivity contribution in [1.29, 1.82) is 0 Å². The molecule has 0 aromatic heterocycles. The molecule has 0 saturated heterocycles. The average Bonchev–Trinajstić information content (AvgIpc) is 1.83. The van der Waals surface area contributed by atoms with Gasteiger partial charge in [0.15, 0.2) is 0 Å².